The molecule has 0 aliphatic carbocycles. The first kappa shape index (κ1) is 39.9. The zero-order valence-electron chi connectivity index (χ0n) is 28.0. The van der Waals surface area contributed by atoms with Crippen molar-refractivity contribution < 1.29 is 33.9 Å². The summed E-state index contributed by atoms with van der Waals surface area (Å²) in [7, 11) is 0. The molecule has 0 spiro atoms. The minimum Gasteiger partial charge on any atom is -0.480 e. The van der Waals surface area contributed by atoms with E-state index < -0.39 is 60.2 Å². The van der Waals surface area contributed by atoms with Crippen LogP contribution in [0.4, 0.5) is 0 Å². The van der Waals surface area contributed by atoms with Crippen molar-refractivity contribution in [3.05, 3.63) is 48.0 Å². The van der Waals surface area contributed by atoms with E-state index in [4.69, 9.17) is 17.2 Å². The van der Waals surface area contributed by atoms with Gasteiger partial charge in [-0.25, -0.2) is 4.79 Å². The summed E-state index contributed by atoms with van der Waals surface area (Å²) in [4.78, 5) is 77.7. The van der Waals surface area contributed by atoms with Crippen LogP contribution in [0.25, 0.3) is 10.8 Å². The van der Waals surface area contributed by atoms with Gasteiger partial charge in [0.05, 0.1) is 12.6 Å². The summed E-state index contributed by atoms with van der Waals surface area (Å²) in [6.07, 6.45) is 0.856. The van der Waals surface area contributed by atoms with Crippen LogP contribution in [0.1, 0.15) is 51.5 Å². The molecule has 0 aromatic heterocycles. The molecule has 3 atom stereocenters. The van der Waals surface area contributed by atoms with Crippen LogP contribution in [0.15, 0.2) is 47.5 Å². The van der Waals surface area contributed by atoms with Crippen LogP contribution >= 0.6 is 0 Å². The number of fused-ring (bicyclic) bond motifs is 1. The zero-order chi connectivity index (χ0) is 36.3. The summed E-state index contributed by atoms with van der Waals surface area (Å²) < 4.78 is 0. The Hall–Kier alpha value is -5.25. The Labute approximate surface area is 285 Å². The van der Waals surface area contributed by atoms with Gasteiger partial charge in [0.2, 0.25) is 29.5 Å². The molecular weight excluding hydrogens is 634 g/mol. The monoisotopic (exact) mass is 683 g/mol. The predicted molar refractivity (Wildman–Crippen MR) is 185 cm³/mol. The predicted octanol–water partition coefficient (Wildman–Crippen LogP) is -1.01. The van der Waals surface area contributed by atoms with Crippen molar-refractivity contribution in [1.29, 1.82) is 0 Å². The Morgan fingerprint density at radius 3 is 2.10 bits per heavy atom. The SMILES string of the molecule is CC(C)C[C@H](N)C(=O)N[C@@H](Cc1ccc2ccccc2c1)C(=O)NCCC(=O)NCCC(=O)NCC(=O)N[C@@H](CCCN=C(N)N)C(=O)O. The number of nitrogens with two attached hydrogens (primary N) is 3. The molecule has 0 bridgehead atoms. The number of carboxylic acids is 1. The van der Waals surface area contributed by atoms with E-state index in [0.717, 1.165) is 16.3 Å². The molecule has 0 aliphatic heterocycles. The van der Waals surface area contributed by atoms with Gasteiger partial charge in [-0.3, -0.25) is 29.0 Å². The highest BCUT2D eigenvalue weighted by atomic mass is 16.4. The van der Waals surface area contributed by atoms with Gasteiger partial charge in [0.15, 0.2) is 5.96 Å². The molecular formula is C33H49N9O7. The number of aliphatic carboxylic acids is 1. The number of hydrogen-bond acceptors (Lipinski definition) is 8. The number of aliphatic imine (C=N–C) groups is 1. The summed E-state index contributed by atoms with van der Waals surface area (Å²) in [5, 5.41) is 24.0. The minimum atomic E-state index is -1.24. The second-order valence-electron chi connectivity index (χ2n) is 12.0. The normalized spacial score (nSPS) is 12.7. The summed E-state index contributed by atoms with van der Waals surface area (Å²) in [6.45, 7) is 3.60. The molecule has 0 fully saturated rings. The first-order chi connectivity index (χ1) is 23.2. The first-order valence-electron chi connectivity index (χ1n) is 16.2. The van der Waals surface area contributed by atoms with Crippen molar-refractivity contribution in [2.45, 2.75) is 70.5 Å². The maximum absolute atomic E-state index is 13.2. The highest BCUT2D eigenvalue weighted by Gasteiger charge is 2.25. The van der Waals surface area contributed by atoms with Gasteiger partial charge in [0.1, 0.15) is 12.1 Å². The topological polar surface area (TPSA) is 273 Å². The number of hydrogen-bond donors (Lipinski definition) is 9. The van der Waals surface area contributed by atoms with E-state index in [1.165, 1.54) is 0 Å². The fraction of sp³-hybridized carbons (Fsp3) is 0.485. The van der Waals surface area contributed by atoms with Crippen molar-refractivity contribution in [2.75, 3.05) is 26.2 Å². The van der Waals surface area contributed by atoms with Crippen LogP contribution in [0.2, 0.25) is 0 Å². The van der Waals surface area contributed by atoms with Gasteiger partial charge >= 0.3 is 5.97 Å². The lowest BCUT2D eigenvalue weighted by molar-refractivity contribution is -0.142. The molecule has 0 aliphatic rings. The van der Waals surface area contributed by atoms with Gasteiger partial charge in [0.25, 0.3) is 0 Å². The molecule has 16 nitrogen and oxygen atoms in total. The lowest BCUT2D eigenvalue weighted by atomic mass is 10.00. The van der Waals surface area contributed by atoms with Crippen LogP contribution in [0.3, 0.4) is 0 Å². The molecule has 49 heavy (non-hydrogen) atoms. The largest absolute Gasteiger partial charge is 0.480 e. The van der Waals surface area contributed by atoms with Gasteiger partial charge in [-0.15, -0.1) is 0 Å². The van der Waals surface area contributed by atoms with E-state index in [9.17, 15) is 33.9 Å². The van der Waals surface area contributed by atoms with Gasteiger partial charge in [-0.1, -0.05) is 56.3 Å². The average Bonchev–Trinajstić information content (AvgIpc) is 3.04. The van der Waals surface area contributed by atoms with Gasteiger partial charge in [-0.05, 0) is 41.5 Å². The molecule has 2 aromatic carbocycles. The Bertz CT molecular complexity index is 1480. The lowest BCUT2D eigenvalue weighted by Gasteiger charge is -2.22. The molecule has 16 heteroatoms. The van der Waals surface area contributed by atoms with E-state index >= 15 is 0 Å². The van der Waals surface area contributed by atoms with Crippen LogP contribution < -0.4 is 43.8 Å². The number of nitrogens with one attached hydrogen (secondary N) is 5. The van der Waals surface area contributed by atoms with Gasteiger partial charge in [-0.2, -0.15) is 0 Å². The lowest BCUT2D eigenvalue weighted by Crippen LogP contribution is -2.53. The second kappa shape index (κ2) is 20.9. The molecule has 2 aromatic rings. The van der Waals surface area contributed by atoms with Crippen LogP contribution in [0, 0.1) is 5.92 Å². The van der Waals surface area contributed by atoms with Crippen molar-refractivity contribution in [1.82, 2.24) is 26.6 Å². The second-order valence-corrected chi connectivity index (χ2v) is 12.0. The maximum atomic E-state index is 13.2. The molecule has 0 unspecified atom stereocenters. The van der Waals surface area contributed by atoms with Crippen molar-refractivity contribution in [3.8, 4) is 0 Å². The fourth-order valence-electron chi connectivity index (χ4n) is 4.80. The van der Waals surface area contributed by atoms with Gasteiger partial charge in [0, 0.05) is 38.9 Å². The number of nitrogens with zero attached hydrogens (tertiary/aromatic N) is 1. The Balaban J connectivity index is 1.79. The smallest absolute Gasteiger partial charge is 0.326 e. The molecule has 0 saturated carbocycles. The van der Waals surface area contributed by atoms with Crippen molar-refractivity contribution >= 4 is 52.2 Å². The number of carbonyl (C=O) groups is 6. The zero-order valence-corrected chi connectivity index (χ0v) is 28.0. The molecule has 0 radical (unpaired) electrons. The number of carboxylic acid groups (broad SMARTS) is 1. The molecule has 12 N–H and O–H groups in total. The highest BCUT2D eigenvalue weighted by Crippen LogP contribution is 2.17. The third-order valence-electron chi connectivity index (χ3n) is 7.30. The number of amides is 5. The molecule has 2 rings (SSSR count). The highest BCUT2D eigenvalue weighted by molar-refractivity contribution is 5.91. The van der Waals surface area contributed by atoms with Crippen molar-refractivity contribution in [3.63, 3.8) is 0 Å². The third-order valence-corrected chi connectivity index (χ3v) is 7.30. The Morgan fingerprint density at radius 2 is 1.45 bits per heavy atom. The van der Waals surface area contributed by atoms with Crippen LogP contribution in [-0.2, 0) is 35.2 Å². The molecule has 0 heterocycles. The number of benzene rings is 2. The van der Waals surface area contributed by atoms with E-state index in [2.05, 4.69) is 31.6 Å². The maximum Gasteiger partial charge on any atom is 0.326 e. The standard InChI is InChI=1S/C33H49N9O7/c1-20(2)16-24(34)30(46)42-26(18-21-9-10-22-6-3-4-7-23(22)17-21)31(47)38-15-12-27(43)37-14-11-28(44)40-19-29(45)41-25(32(48)49)8-5-13-39-33(35)36/h3-4,6-7,9-10,17,20,24-26H,5,8,11-16,18-19,34H2,1-2H3,(H,37,43)(H,38,47)(H,40,44)(H,41,45)(H,42,46)(H,48,49)(H4,35,36,39)/t24-,25-,26-/m0/s1. The number of rotatable bonds is 21. The van der Waals surface area contributed by atoms with Crippen LogP contribution in [0.5, 0.6) is 0 Å². The van der Waals surface area contributed by atoms with Crippen LogP contribution in [-0.4, -0.2) is 90.9 Å². The summed E-state index contributed by atoms with van der Waals surface area (Å²) >= 11 is 0. The summed E-state index contributed by atoms with van der Waals surface area (Å²) in [5.74, 6) is -3.74. The van der Waals surface area contributed by atoms with Gasteiger partial charge < -0.3 is 48.9 Å². The molecule has 0 saturated heterocycles. The van der Waals surface area contributed by atoms with E-state index in [1.807, 2.05) is 56.3 Å². The number of carbonyl (C=O) groups excluding carboxylic acids is 5. The Kier molecular flexibility index (Phi) is 17.0. The number of guanidine groups is 1. The quantitative estimate of drug-likeness (QED) is 0.0439. The fourth-order valence-corrected chi connectivity index (χ4v) is 4.80. The van der Waals surface area contributed by atoms with E-state index in [-0.39, 0.29) is 57.2 Å². The minimum absolute atomic E-state index is 0.0180. The third kappa shape index (κ3) is 15.9. The van der Waals surface area contributed by atoms with Crippen molar-refractivity contribution in [2.24, 2.45) is 28.1 Å². The summed E-state index contributed by atoms with van der Waals surface area (Å²) in [6, 6.07) is 10.7. The van der Waals surface area contributed by atoms with E-state index in [1.54, 1.807) is 0 Å². The average molecular weight is 684 g/mol. The Morgan fingerprint density at radius 1 is 0.796 bits per heavy atom. The molecule has 5 amide bonds. The summed E-state index contributed by atoms with van der Waals surface area (Å²) in [5.41, 5.74) is 17.3. The first-order valence-corrected chi connectivity index (χ1v) is 16.2. The van der Waals surface area contributed by atoms with E-state index in [0.29, 0.717) is 12.8 Å². The molecule has 268 valence electrons.